The normalized spacial score (nSPS) is 15.2. The van der Waals surface area contributed by atoms with Crippen LogP contribution >= 0.6 is 23.2 Å². The Hall–Kier alpha value is -2.06. The molecule has 0 atom stereocenters. The minimum Gasteiger partial charge on any atom is -0.352 e. The number of nitrogens with zero attached hydrogens (tertiary/aromatic N) is 3. The van der Waals surface area contributed by atoms with E-state index < -0.39 is 23.5 Å². The Labute approximate surface area is 162 Å². The molecule has 0 bridgehead atoms. The monoisotopic (exact) mass is 421 g/mol. The van der Waals surface area contributed by atoms with Crippen LogP contribution in [0.4, 0.5) is 23.4 Å². The number of piperazine rings is 1. The average Bonchev–Trinajstić information content (AvgIpc) is 2.62. The van der Waals surface area contributed by atoms with Crippen LogP contribution in [0.3, 0.4) is 0 Å². The predicted octanol–water partition coefficient (Wildman–Crippen LogP) is 4.51. The molecule has 1 aromatic heterocycles. The molecule has 3 rings (SSSR count). The third-order valence-electron chi connectivity index (χ3n) is 4.17. The summed E-state index contributed by atoms with van der Waals surface area (Å²) < 4.78 is 52.0. The number of amides is 1. The van der Waals surface area contributed by atoms with E-state index in [0.29, 0.717) is 13.1 Å². The second-order valence-electron chi connectivity index (χ2n) is 5.93. The zero-order valence-electron chi connectivity index (χ0n) is 13.7. The lowest BCUT2D eigenvalue weighted by Gasteiger charge is -2.36. The van der Waals surface area contributed by atoms with Gasteiger partial charge >= 0.3 is 6.18 Å². The van der Waals surface area contributed by atoms with Crippen molar-refractivity contribution in [3.05, 3.63) is 57.5 Å². The van der Waals surface area contributed by atoms with Crippen molar-refractivity contribution < 1.29 is 22.4 Å². The molecule has 0 N–H and O–H groups in total. The third kappa shape index (κ3) is 4.27. The number of aromatic nitrogens is 1. The third-order valence-corrected chi connectivity index (χ3v) is 4.69. The summed E-state index contributed by atoms with van der Waals surface area (Å²) in [4.78, 5) is 19.4. The molecule has 0 aliphatic carbocycles. The molecule has 2 aromatic rings. The summed E-state index contributed by atoms with van der Waals surface area (Å²) in [5, 5.41) is 0.129. The van der Waals surface area contributed by atoms with Crippen molar-refractivity contribution in [3.8, 4) is 0 Å². The van der Waals surface area contributed by atoms with E-state index in [-0.39, 0.29) is 34.5 Å². The Morgan fingerprint density at radius 1 is 1.07 bits per heavy atom. The smallest absolute Gasteiger partial charge is 0.352 e. The number of hydrogen-bond acceptors (Lipinski definition) is 3. The van der Waals surface area contributed by atoms with Crippen molar-refractivity contribution in [2.24, 2.45) is 0 Å². The molecule has 0 spiro atoms. The molecule has 1 saturated heterocycles. The number of alkyl halides is 3. The van der Waals surface area contributed by atoms with Gasteiger partial charge in [-0.1, -0.05) is 23.2 Å². The van der Waals surface area contributed by atoms with Crippen LogP contribution in [-0.4, -0.2) is 42.0 Å². The maximum atomic E-state index is 13.9. The van der Waals surface area contributed by atoms with Crippen LogP contribution in [0, 0.1) is 5.82 Å². The van der Waals surface area contributed by atoms with E-state index in [1.807, 2.05) is 0 Å². The SMILES string of the molecule is O=C(c1cc(Cl)ccc1F)N1CCN(c2ncc(C(F)(F)F)cc2Cl)CC1. The van der Waals surface area contributed by atoms with Gasteiger partial charge in [0.25, 0.3) is 5.91 Å². The highest BCUT2D eigenvalue weighted by Gasteiger charge is 2.32. The van der Waals surface area contributed by atoms with Crippen molar-refractivity contribution in [3.63, 3.8) is 0 Å². The Morgan fingerprint density at radius 2 is 1.74 bits per heavy atom. The van der Waals surface area contributed by atoms with E-state index in [2.05, 4.69) is 4.98 Å². The molecule has 1 amide bonds. The molecule has 0 radical (unpaired) electrons. The highest BCUT2D eigenvalue weighted by molar-refractivity contribution is 6.33. The Balaban J connectivity index is 1.70. The number of anilines is 1. The van der Waals surface area contributed by atoms with Crippen LogP contribution in [-0.2, 0) is 6.18 Å². The molecular weight excluding hydrogens is 409 g/mol. The summed E-state index contributed by atoms with van der Waals surface area (Å²) >= 11 is 11.8. The van der Waals surface area contributed by atoms with E-state index in [1.165, 1.54) is 17.0 Å². The predicted molar refractivity (Wildman–Crippen MR) is 93.8 cm³/mol. The van der Waals surface area contributed by atoms with Crippen molar-refractivity contribution >= 4 is 34.9 Å². The molecule has 27 heavy (non-hydrogen) atoms. The van der Waals surface area contributed by atoms with Gasteiger partial charge in [0.05, 0.1) is 16.1 Å². The van der Waals surface area contributed by atoms with Gasteiger partial charge in [-0.2, -0.15) is 13.2 Å². The van der Waals surface area contributed by atoms with Gasteiger partial charge in [0.15, 0.2) is 0 Å². The summed E-state index contributed by atoms with van der Waals surface area (Å²) in [7, 11) is 0. The first-order valence-electron chi connectivity index (χ1n) is 7.89. The van der Waals surface area contributed by atoms with Crippen molar-refractivity contribution in [2.75, 3.05) is 31.1 Å². The topological polar surface area (TPSA) is 36.4 Å². The van der Waals surface area contributed by atoms with E-state index in [1.54, 1.807) is 4.90 Å². The first-order chi connectivity index (χ1) is 12.7. The Morgan fingerprint density at radius 3 is 2.33 bits per heavy atom. The lowest BCUT2D eigenvalue weighted by Crippen LogP contribution is -2.49. The fraction of sp³-hybridized carbons (Fsp3) is 0.294. The highest BCUT2D eigenvalue weighted by atomic mass is 35.5. The first-order valence-corrected chi connectivity index (χ1v) is 8.64. The number of hydrogen-bond donors (Lipinski definition) is 0. The summed E-state index contributed by atoms with van der Waals surface area (Å²) in [6.45, 7) is 1.08. The Kier molecular flexibility index (Phi) is 5.48. The van der Waals surface area contributed by atoms with Gasteiger partial charge in [-0.3, -0.25) is 4.79 Å². The van der Waals surface area contributed by atoms with Crippen LogP contribution in [0.5, 0.6) is 0 Å². The molecule has 1 aliphatic heterocycles. The quantitative estimate of drug-likeness (QED) is 0.669. The fourth-order valence-electron chi connectivity index (χ4n) is 2.77. The second-order valence-corrected chi connectivity index (χ2v) is 6.77. The van der Waals surface area contributed by atoms with Crippen LogP contribution in [0.2, 0.25) is 10.0 Å². The molecule has 144 valence electrons. The molecule has 2 heterocycles. The lowest BCUT2D eigenvalue weighted by atomic mass is 10.1. The zero-order chi connectivity index (χ0) is 19.8. The van der Waals surface area contributed by atoms with E-state index >= 15 is 0 Å². The van der Waals surface area contributed by atoms with Gasteiger partial charge in [0.2, 0.25) is 0 Å². The summed E-state index contributed by atoms with van der Waals surface area (Å²) in [5.74, 6) is -0.953. The molecular formula is C17H13Cl2F4N3O. The molecule has 1 fully saturated rings. The number of carbonyl (C=O) groups is 1. The molecule has 0 saturated carbocycles. The largest absolute Gasteiger partial charge is 0.417 e. The van der Waals surface area contributed by atoms with Gasteiger partial charge in [-0.15, -0.1) is 0 Å². The first kappa shape index (κ1) is 19.7. The average molecular weight is 422 g/mol. The van der Waals surface area contributed by atoms with Crippen molar-refractivity contribution in [1.82, 2.24) is 9.88 Å². The minimum absolute atomic E-state index is 0.120. The minimum atomic E-state index is -4.53. The van der Waals surface area contributed by atoms with Gasteiger partial charge in [-0.05, 0) is 24.3 Å². The van der Waals surface area contributed by atoms with Crippen LogP contribution in [0.25, 0.3) is 0 Å². The number of halogens is 6. The number of pyridine rings is 1. The standard InChI is InChI=1S/C17H13Cl2F4N3O/c18-11-1-2-14(20)12(8-11)16(27)26-5-3-25(4-6-26)15-13(19)7-10(9-24-15)17(21,22)23/h1-2,7-9H,3-6H2. The summed E-state index contributed by atoms with van der Waals surface area (Å²) in [6, 6.07) is 4.56. The summed E-state index contributed by atoms with van der Waals surface area (Å²) in [5.41, 5.74) is -1.05. The van der Waals surface area contributed by atoms with E-state index in [0.717, 1.165) is 18.3 Å². The Bertz CT molecular complexity index is 868. The number of benzene rings is 1. The van der Waals surface area contributed by atoms with Gasteiger partial charge in [0, 0.05) is 37.4 Å². The zero-order valence-corrected chi connectivity index (χ0v) is 15.2. The molecule has 10 heteroatoms. The van der Waals surface area contributed by atoms with Gasteiger partial charge in [-0.25, -0.2) is 9.37 Å². The van der Waals surface area contributed by atoms with Crippen molar-refractivity contribution in [1.29, 1.82) is 0 Å². The highest BCUT2D eigenvalue weighted by Crippen LogP contribution is 2.33. The number of carbonyl (C=O) groups excluding carboxylic acids is 1. The molecule has 1 aromatic carbocycles. The lowest BCUT2D eigenvalue weighted by molar-refractivity contribution is -0.137. The van der Waals surface area contributed by atoms with Gasteiger partial charge in [0.1, 0.15) is 11.6 Å². The van der Waals surface area contributed by atoms with Crippen LogP contribution < -0.4 is 4.90 Å². The van der Waals surface area contributed by atoms with Crippen molar-refractivity contribution in [2.45, 2.75) is 6.18 Å². The molecule has 1 aliphatic rings. The van der Waals surface area contributed by atoms with E-state index in [9.17, 15) is 22.4 Å². The van der Waals surface area contributed by atoms with Crippen LogP contribution in [0.1, 0.15) is 15.9 Å². The maximum Gasteiger partial charge on any atom is 0.417 e. The maximum absolute atomic E-state index is 13.9. The number of rotatable bonds is 2. The summed E-state index contributed by atoms with van der Waals surface area (Å²) in [6.07, 6.45) is -3.80. The van der Waals surface area contributed by atoms with Crippen LogP contribution in [0.15, 0.2) is 30.5 Å². The fourth-order valence-corrected chi connectivity index (χ4v) is 3.23. The molecule has 0 unspecified atom stereocenters. The van der Waals surface area contributed by atoms with E-state index in [4.69, 9.17) is 23.2 Å². The second kappa shape index (κ2) is 7.52. The molecule has 4 nitrogen and oxygen atoms in total. The van der Waals surface area contributed by atoms with Gasteiger partial charge < -0.3 is 9.80 Å².